The zero-order chi connectivity index (χ0) is 20.5. The molecule has 8 heteroatoms. The first-order valence-corrected chi connectivity index (χ1v) is 11.1. The zero-order valence-electron chi connectivity index (χ0n) is 16.8. The Kier molecular flexibility index (Phi) is 5.60. The Labute approximate surface area is 180 Å². The van der Waals surface area contributed by atoms with Gasteiger partial charge in [0.1, 0.15) is 11.5 Å². The van der Waals surface area contributed by atoms with Crippen molar-refractivity contribution in [1.29, 1.82) is 0 Å². The summed E-state index contributed by atoms with van der Waals surface area (Å²) in [7, 11) is 0. The van der Waals surface area contributed by atoms with Gasteiger partial charge in [0, 0.05) is 47.9 Å². The highest BCUT2D eigenvalue weighted by molar-refractivity contribution is 6.33. The zero-order valence-corrected chi connectivity index (χ0v) is 17.5. The summed E-state index contributed by atoms with van der Waals surface area (Å²) in [5, 5.41) is 21.5. The average Bonchev–Trinajstić information content (AvgIpc) is 3.40. The number of aromatic amines is 1. The molecule has 2 fully saturated rings. The van der Waals surface area contributed by atoms with Crippen LogP contribution in [0.4, 0.5) is 5.82 Å². The number of rotatable bonds is 5. The number of nitrogens with zero attached hydrogens (tertiary/aromatic N) is 2. The number of aromatic nitrogens is 3. The van der Waals surface area contributed by atoms with Crippen LogP contribution in [-0.4, -0.2) is 58.4 Å². The molecule has 0 aromatic carbocycles. The van der Waals surface area contributed by atoms with Gasteiger partial charge in [0.2, 0.25) is 0 Å². The maximum absolute atomic E-state index is 9.69. The summed E-state index contributed by atoms with van der Waals surface area (Å²) in [6.45, 7) is 3.46. The number of halogens is 1. The molecule has 2 aliphatic rings. The molecule has 0 bridgehead atoms. The minimum atomic E-state index is -0.265. The molecule has 2 aliphatic heterocycles. The normalized spacial score (nSPS) is 22.6. The maximum atomic E-state index is 9.69. The molecule has 0 amide bonds. The molecule has 2 atom stereocenters. The average molecular weight is 427 g/mol. The Morgan fingerprint density at radius 1 is 1.20 bits per heavy atom. The monoisotopic (exact) mass is 426 g/mol. The van der Waals surface area contributed by atoms with E-state index >= 15 is 0 Å². The number of H-pyrrole nitrogens is 1. The Bertz CT molecular complexity index is 1030. The van der Waals surface area contributed by atoms with Gasteiger partial charge in [-0.1, -0.05) is 11.6 Å². The van der Waals surface area contributed by atoms with Crippen LogP contribution in [0.15, 0.2) is 30.5 Å². The molecule has 3 aromatic rings. The summed E-state index contributed by atoms with van der Waals surface area (Å²) < 4.78 is 0. The lowest BCUT2D eigenvalue weighted by Crippen LogP contribution is -2.29. The van der Waals surface area contributed by atoms with E-state index in [-0.39, 0.29) is 12.1 Å². The molecule has 0 radical (unpaired) electrons. The molecule has 158 valence electrons. The van der Waals surface area contributed by atoms with Gasteiger partial charge in [0.05, 0.1) is 16.8 Å². The predicted octanol–water partition coefficient (Wildman–Crippen LogP) is 2.88. The van der Waals surface area contributed by atoms with Crippen molar-refractivity contribution in [2.45, 2.75) is 37.3 Å². The summed E-state index contributed by atoms with van der Waals surface area (Å²) in [6, 6.07) is 8.22. The van der Waals surface area contributed by atoms with Crippen molar-refractivity contribution >= 4 is 28.5 Å². The Balaban J connectivity index is 1.43. The molecule has 2 saturated heterocycles. The van der Waals surface area contributed by atoms with Crippen molar-refractivity contribution < 1.29 is 5.11 Å². The van der Waals surface area contributed by atoms with Crippen LogP contribution >= 0.6 is 11.6 Å². The summed E-state index contributed by atoms with van der Waals surface area (Å²) in [4.78, 5) is 12.9. The van der Waals surface area contributed by atoms with Crippen molar-refractivity contribution in [2.24, 2.45) is 0 Å². The SMILES string of the molecule is O[C@@H]1CN[C@@H](CNc2ccc(Cl)c(-c3ccnc4[nH]c(C5CCNCC5)cc34)n2)C1. The molecular formula is C22H27ClN6O. The van der Waals surface area contributed by atoms with Gasteiger partial charge in [-0.2, -0.15) is 0 Å². The Morgan fingerprint density at radius 2 is 2.07 bits per heavy atom. The summed E-state index contributed by atoms with van der Waals surface area (Å²) in [5.41, 5.74) is 3.85. The van der Waals surface area contributed by atoms with Crippen LogP contribution in [-0.2, 0) is 0 Å². The molecule has 5 N–H and O–H groups in total. The van der Waals surface area contributed by atoms with Gasteiger partial charge in [-0.25, -0.2) is 9.97 Å². The number of β-amino-alcohol motifs (C(OH)–C–C–N with tert-alkyl or cyclic N) is 1. The van der Waals surface area contributed by atoms with E-state index in [2.05, 4.69) is 32.0 Å². The van der Waals surface area contributed by atoms with E-state index in [4.69, 9.17) is 16.6 Å². The van der Waals surface area contributed by atoms with Gasteiger partial charge < -0.3 is 26.0 Å². The smallest absolute Gasteiger partial charge is 0.138 e. The minimum absolute atomic E-state index is 0.241. The third-order valence-corrected chi connectivity index (χ3v) is 6.47. The topological polar surface area (TPSA) is 97.9 Å². The second-order valence-corrected chi connectivity index (χ2v) is 8.68. The molecule has 7 nitrogen and oxygen atoms in total. The van der Waals surface area contributed by atoms with E-state index in [1.165, 1.54) is 5.69 Å². The lowest BCUT2D eigenvalue weighted by molar-refractivity contribution is 0.193. The third-order valence-electron chi connectivity index (χ3n) is 6.16. The van der Waals surface area contributed by atoms with Crippen LogP contribution in [0.25, 0.3) is 22.3 Å². The largest absolute Gasteiger partial charge is 0.392 e. The van der Waals surface area contributed by atoms with E-state index in [0.717, 1.165) is 60.5 Å². The van der Waals surface area contributed by atoms with Gasteiger partial charge in [-0.3, -0.25) is 0 Å². The number of aliphatic hydroxyl groups is 1. The number of aliphatic hydroxyl groups excluding tert-OH is 1. The number of hydrogen-bond acceptors (Lipinski definition) is 6. The van der Waals surface area contributed by atoms with Crippen LogP contribution in [0.3, 0.4) is 0 Å². The quantitative estimate of drug-likeness (QED) is 0.430. The highest BCUT2D eigenvalue weighted by atomic mass is 35.5. The maximum Gasteiger partial charge on any atom is 0.138 e. The van der Waals surface area contributed by atoms with Gasteiger partial charge in [0.25, 0.3) is 0 Å². The molecule has 0 spiro atoms. The van der Waals surface area contributed by atoms with Crippen LogP contribution in [0.2, 0.25) is 5.02 Å². The summed E-state index contributed by atoms with van der Waals surface area (Å²) >= 11 is 6.56. The van der Waals surface area contributed by atoms with Crippen LogP contribution in [0.1, 0.15) is 30.9 Å². The fourth-order valence-corrected chi connectivity index (χ4v) is 4.72. The number of fused-ring (bicyclic) bond motifs is 1. The van der Waals surface area contributed by atoms with E-state index in [1.54, 1.807) is 0 Å². The van der Waals surface area contributed by atoms with Gasteiger partial charge >= 0.3 is 0 Å². The van der Waals surface area contributed by atoms with Crippen LogP contribution < -0.4 is 16.0 Å². The molecule has 0 saturated carbocycles. The van der Waals surface area contributed by atoms with Crippen molar-refractivity contribution in [2.75, 3.05) is 31.5 Å². The molecular weight excluding hydrogens is 400 g/mol. The number of piperidine rings is 1. The van der Waals surface area contributed by atoms with Crippen molar-refractivity contribution in [3.05, 3.63) is 41.2 Å². The van der Waals surface area contributed by atoms with Gasteiger partial charge in [0.15, 0.2) is 0 Å². The van der Waals surface area contributed by atoms with E-state index < -0.39 is 0 Å². The van der Waals surface area contributed by atoms with E-state index in [9.17, 15) is 5.11 Å². The second-order valence-electron chi connectivity index (χ2n) is 8.27. The minimum Gasteiger partial charge on any atom is -0.392 e. The number of pyridine rings is 2. The first-order chi connectivity index (χ1) is 14.7. The van der Waals surface area contributed by atoms with Crippen molar-refractivity contribution in [3.63, 3.8) is 0 Å². The highest BCUT2D eigenvalue weighted by Crippen LogP contribution is 2.35. The third kappa shape index (κ3) is 4.03. The fourth-order valence-electron chi connectivity index (χ4n) is 4.52. The lowest BCUT2D eigenvalue weighted by Gasteiger charge is -2.21. The summed E-state index contributed by atoms with van der Waals surface area (Å²) in [6.07, 6.45) is 4.55. The summed E-state index contributed by atoms with van der Waals surface area (Å²) in [5.74, 6) is 1.30. The first-order valence-electron chi connectivity index (χ1n) is 10.7. The standard InChI is InChI=1S/C22H27ClN6O/c23-18-1-2-20(27-11-14-9-15(30)12-26-14)29-21(18)16-5-8-25-22-17(16)10-19(28-22)13-3-6-24-7-4-13/h1-2,5,8,10,13-15,24,26,30H,3-4,6-7,9,11-12H2,(H,25,28)(H,27,29)/t14-,15+/m1/s1. The Morgan fingerprint density at radius 3 is 2.87 bits per heavy atom. The van der Waals surface area contributed by atoms with Crippen molar-refractivity contribution in [1.82, 2.24) is 25.6 Å². The van der Waals surface area contributed by atoms with Crippen LogP contribution in [0.5, 0.6) is 0 Å². The molecule has 30 heavy (non-hydrogen) atoms. The predicted molar refractivity (Wildman–Crippen MR) is 120 cm³/mol. The molecule has 3 aromatic heterocycles. The highest BCUT2D eigenvalue weighted by Gasteiger charge is 2.22. The van der Waals surface area contributed by atoms with E-state index in [1.807, 2.05) is 24.4 Å². The van der Waals surface area contributed by atoms with Crippen molar-refractivity contribution in [3.8, 4) is 11.3 Å². The number of hydrogen-bond donors (Lipinski definition) is 5. The Hall–Kier alpha value is -2.19. The molecule has 0 unspecified atom stereocenters. The van der Waals surface area contributed by atoms with Gasteiger partial charge in [-0.15, -0.1) is 0 Å². The number of anilines is 1. The van der Waals surface area contributed by atoms with Crippen LogP contribution in [0, 0.1) is 0 Å². The molecule has 5 rings (SSSR count). The van der Waals surface area contributed by atoms with Gasteiger partial charge in [-0.05, 0) is 56.6 Å². The number of nitrogens with one attached hydrogen (secondary N) is 4. The first kappa shape index (κ1) is 19.8. The lowest BCUT2D eigenvalue weighted by atomic mass is 9.94. The molecule has 0 aliphatic carbocycles. The second kappa shape index (κ2) is 8.51. The fraction of sp³-hybridized carbons (Fsp3) is 0.455. The molecule has 5 heterocycles. The van der Waals surface area contributed by atoms with E-state index in [0.29, 0.717) is 24.0 Å².